The van der Waals surface area contributed by atoms with Gasteiger partial charge in [-0.3, -0.25) is 9.78 Å². The second kappa shape index (κ2) is 7.03. The van der Waals surface area contributed by atoms with E-state index in [1.807, 2.05) is 0 Å². The van der Waals surface area contributed by atoms with Crippen LogP contribution in [0.2, 0.25) is 0 Å². The molecular weight excluding hydrogens is 256 g/mol. The number of carbonyl (C=O) groups excluding carboxylic acids is 2. The summed E-state index contributed by atoms with van der Waals surface area (Å²) in [5.41, 5.74) is 0.402. The molecule has 0 bridgehead atoms. The summed E-state index contributed by atoms with van der Waals surface area (Å²) in [7, 11) is 0. The van der Waals surface area contributed by atoms with E-state index < -0.39 is 5.97 Å². The van der Waals surface area contributed by atoms with E-state index in [2.05, 4.69) is 17.2 Å². The molecule has 5 heteroatoms. The van der Waals surface area contributed by atoms with Crippen molar-refractivity contribution in [1.29, 1.82) is 0 Å². The molecule has 20 heavy (non-hydrogen) atoms. The van der Waals surface area contributed by atoms with Crippen LogP contribution in [-0.2, 0) is 9.53 Å². The number of nitrogens with one attached hydrogen (secondary N) is 1. The highest BCUT2D eigenvalue weighted by Gasteiger charge is 2.23. The smallest absolute Gasteiger partial charge is 0.338 e. The van der Waals surface area contributed by atoms with E-state index in [1.165, 1.54) is 18.8 Å². The standard InChI is InChI=1S/C15H20N2O3/c1-11-4-2-3-5-13(11)17-14(18)10-20-15(19)12-6-8-16-9-7-12/h6-9,11,13H,2-5,10H2,1H3,(H,17,18)/t11-,13-/m1/s1. The van der Waals surface area contributed by atoms with Gasteiger partial charge in [0.05, 0.1) is 5.56 Å². The lowest BCUT2D eigenvalue weighted by atomic mass is 9.86. The number of ether oxygens (including phenoxy) is 1. The van der Waals surface area contributed by atoms with Gasteiger partial charge < -0.3 is 10.1 Å². The van der Waals surface area contributed by atoms with Gasteiger partial charge in [0, 0.05) is 18.4 Å². The summed E-state index contributed by atoms with van der Waals surface area (Å²) in [5.74, 6) is -0.242. The van der Waals surface area contributed by atoms with Crippen LogP contribution < -0.4 is 5.32 Å². The van der Waals surface area contributed by atoms with Crippen molar-refractivity contribution in [2.45, 2.75) is 38.6 Å². The van der Waals surface area contributed by atoms with Gasteiger partial charge in [-0.15, -0.1) is 0 Å². The van der Waals surface area contributed by atoms with E-state index in [0.717, 1.165) is 19.3 Å². The topological polar surface area (TPSA) is 68.3 Å². The number of hydrogen-bond acceptors (Lipinski definition) is 4. The third-order valence-corrected chi connectivity index (χ3v) is 3.71. The van der Waals surface area contributed by atoms with E-state index in [4.69, 9.17) is 4.74 Å². The monoisotopic (exact) mass is 276 g/mol. The molecule has 1 heterocycles. The number of aromatic nitrogens is 1. The predicted molar refractivity (Wildman–Crippen MR) is 74.1 cm³/mol. The summed E-state index contributed by atoms with van der Waals surface area (Å²) in [6.45, 7) is 1.91. The minimum atomic E-state index is -0.501. The summed E-state index contributed by atoms with van der Waals surface area (Å²) in [5, 5.41) is 2.95. The number of pyridine rings is 1. The van der Waals surface area contributed by atoms with Gasteiger partial charge in [0.1, 0.15) is 0 Å². The Labute approximate surface area is 118 Å². The van der Waals surface area contributed by atoms with Gasteiger partial charge >= 0.3 is 5.97 Å². The Morgan fingerprint density at radius 1 is 1.30 bits per heavy atom. The Hall–Kier alpha value is -1.91. The van der Waals surface area contributed by atoms with Gasteiger partial charge in [-0.2, -0.15) is 0 Å². The molecule has 5 nitrogen and oxygen atoms in total. The molecule has 0 radical (unpaired) electrons. The summed E-state index contributed by atoms with van der Waals surface area (Å²) in [4.78, 5) is 27.3. The molecule has 0 aromatic carbocycles. The first kappa shape index (κ1) is 14.5. The highest BCUT2D eigenvalue weighted by atomic mass is 16.5. The van der Waals surface area contributed by atoms with Gasteiger partial charge in [0.15, 0.2) is 6.61 Å². The predicted octanol–water partition coefficient (Wildman–Crippen LogP) is 1.93. The van der Waals surface area contributed by atoms with E-state index in [-0.39, 0.29) is 18.6 Å². The van der Waals surface area contributed by atoms with Crippen LogP contribution in [0.25, 0.3) is 0 Å². The zero-order valence-corrected chi connectivity index (χ0v) is 11.7. The molecule has 0 aliphatic heterocycles. The van der Waals surface area contributed by atoms with Crippen LogP contribution in [0.1, 0.15) is 43.0 Å². The van der Waals surface area contributed by atoms with Crippen LogP contribution in [0.15, 0.2) is 24.5 Å². The minimum absolute atomic E-state index is 0.205. The summed E-state index contributed by atoms with van der Waals surface area (Å²) in [6.07, 6.45) is 7.55. The fourth-order valence-electron chi connectivity index (χ4n) is 2.48. The maximum atomic E-state index is 11.8. The lowest BCUT2D eigenvalue weighted by molar-refractivity contribution is -0.125. The first-order valence-corrected chi connectivity index (χ1v) is 7.03. The highest BCUT2D eigenvalue weighted by Crippen LogP contribution is 2.23. The van der Waals surface area contributed by atoms with Gasteiger partial charge in [0.25, 0.3) is 5.91 Å². The van der Waals surface area contributed by atoms with Crippen molar-refractivity contribution in [1.82, 2.24) is 10.3 Å². The second-order valence-electron chi connectivity index (χ2n) is 5.25. The SMILES string of the molecule is C[C@@H]1CCCC[C@H]1NC(=O)COC(=O)c1ccncc1. The number of carbonyl (C=O) groups is 2. The van der Waals surface area contributed by atoms with Crippen molar-refractivity contribution in [3.8, 4) is 0 Å². The molecule has 1 saturated carbocycles. The van der Waals surface area contributed by atoms with Gasteiger partial charge in [0.2, 0.25) is 0 Å². The average Bonchev–Trinajstić information content (AvgIpc) is 2.48. The zero-order chi connectivity index (χ0) is 14.4. The first-order valence-electron chi connectivity index (χ1n) is 7.03. The summed E-state index contributed by atoms with van der Waals surface area (Å²) >= 11 is 0. The largest absolute Gasteiger partial charge is 0.452 e. The Balaban J connectivity index is 1.76. The van der Waals surface area contributed by atoms with Gasteiger partial charge in [-0.05, 0) is 30.9 Å². The van der Waals surface area contributed by atoms with Crippen LogP contribution in [0.5, 0.6) is 0 Å². The fraction of sp³-hybridized carbons (Fsp3) is 0.533. The molecule has 1 aliphatic rings. The molecule has 0 unspecified atom stereocenters. The second-order valence-corrected chi connectivity index (χ2v) is 5.25. The van der Waals surface area contributed by atoms with Crippen molar-refractivity contribution in [3.05, 3.63) is 30.1 Å². The molecule has 2 rings (SSSR count). The maximum absolute atomic E-state index is 11.8. The number of esters is 1. The molecule has 1 aromatic heterocycles. The maximum Gasteiger partial charge on any atom is 0.338 e. The van der Waals surface area contributed by atoms with Crippen molar-refractivity contribution in [2.75, 3.05) is 6.61 Å². The molecular formula is C15H20N2O3. The van der Waals surface area contributed by atoms with Gasteiger partial charge in [-0.25, -0.2) is 4.79 Å². The fourth-order valence-corrected chi connectivity index (χ4v) is 2.48. The lowest BCUT2D eigenvalue weighted by Gasteiger charge is -2.29. The summed E-state index contributed by atoms with van der Waals surface area (Å²) in [6, 6.07) is 3.32. The van der Waals surface area contributed by atoms with Crippen LogP contribution in [-0.4, -0.2) is 29.5 Å². The molecule has 108 valence electrons. The third kappa shape index (κ3) is 4.05. The van der Waals surface area contributed by atoms with Crippen LogP contribution in [0, 0.1) is 5.92 Å². The molecule has 0 spiro atoms. The third-order valence-electron chi connectivity index (χ3n) is 3.71. The highest BCUT2D eigenvalue weighted by molar-refractivity contribution is 5.91. The number of amides is 1. The van der Waals surface area contributed by atoms with Crippen molar-refractivity contribution < 1.29 is 14.3 Å². The normalized spacial score (nSPS) is 22.1. The molecule has 2 atom stereocenters. The van der Waals surface area contributed by atoms with Crippen molar-refractivity contribution >= 4 is 11.9 Å². The number of nitrogens with zero attached hydrogens (tertiary/aromatic N) is 1. The number of rotatable bonds is 4. The average molecular weight is 276 g/mol. The summed E-state index contributed by atoms with van der Waals surface area (Å²) < 4.78 is 4.99. The first-order chi connectivity index (χ1) is 9.66. The van der Waals surface area contributed by atoms with E-state index in [9.17, 15) is 9.59 Å². The van der Waals surface area contributed by atoms with Crippen molar-refractivity contribution in [3.63, 3.8) is 0 Å². The van der Waals surface area contributed by atoms with Crippen molar-refractivity contribution in [2.24, 2.45) is 5.92 Å². The van der Waals surface area contributed by atoms with Crippen LogP contribution in [0.3, 0.4) is 0 Å². The Kier molecular flexibility index (Phi) is 5.09. The van der Waals surface area contributed by atoms with E-state index >= 15 is 0 Å². The molecule has 1 amide bonds. The lowest BCUT2D eigenvalue weighted by Crippen LogP contribution is -2.42. The Bertz CT molecular complexity index is 461. The quantitative estimate of drug-likeness (QED) is 0.853. The molecule has 1 N–H and O–H groups in total. The molecule has 1 aliphatic carbocycles. The van der Waals surface area contributed by atoms with E-state index in [0.29, 0.717) is 11.5 Å². The van der Waals surface area contributed by atoms with Crippen LogP contribution >= 0.6 is 0 Å². The molecule has 1 fully saturated rings. The minimum Gasteiger partial charge on any atom is -0.452 e. The van der Waals surface area contributed by atoms with Crippen LogP contribution in [0.4, 0.5) is 0 Å². The zero-order valence-electron chi connectivity index (χ0n) is 11.7. The Morgan fingerprint density at radius 2 is 2.00 bits per heavy atom. The molecule has 0 saturated heterocycles. The van der Waals surface area contributed by atoms with E-state index in [1.54, 1.807) is 12.1 Å². The number of hydrogen-bond donors (Lipinski definition) is 1. The van der Waals surface area contributed by atoms with Gasteiger partial charge in [-0.1, -0.05) is 19.8 Å². The Morgan fingerprint density at radius 3 is 2.70 bits per heavy atom. The molecule has 1 aromatic rings.